The van der Waals surface area contributed by atoms with E-state index in [2.05, 4.69) is 4.98 Å². The Balaban J connectivity index is 2.46. The fourth-order valence-electron chi connectivity index (χ4n) is 1.66. The molecular formula is C13H12N4O2S. The van der Waals surface area contributed by atoms with Crippen LogP contribution in [0.25, 0.3) is 0 Å². The molecule has 0 radical (unpaired) electrons. The lowest BCUT2D eigenvalue weighted by atomic mass is 10.2. The van der Waals surface area contributed by atoms with Gasteiger partial charge in [-0.2, -0.15) is 5.26 Å². The SMILES string of the molecule is CN(c1cccc(C#N)c1)S(=O)(=O)c1ccnc(N)c1. The highest BCUT2D eigenvalue weighted by atomic mass is 32.2. The maximum absolute atomic E-state index is 12.4. The van der Waals surface area contributed by atoms with Gasteiger partial charge in [0, 0.05) is 19.3 Å². The van der Waals surface area contributed by atoms with Crippen LogP contribution < -0.4 is 10.0 Å². The molecule has 0 atom stereocenters. The van der Waals surface area contributed by atoms with E-state index < -0.39 is 10.0 Å². The average molecular weight is 288 g/mol. The molecule has 102 valence electrons. The van der Waals surface area contributed by atoms with E-state index in [4.69, 9.17) is 11.0 Å². The summed E-state index contributed by atoms with van der Waals surface area (Å²) in [5.41, 5.74) is 6.29. The van der Waals surface area contributed by atoms with Crippen molar-refractivity contribution in [2.24, 2.45) is 0 Å². The van der Waals surface area contributed by atoms with Crippen LogP contribution in [0.15, 0.2) is 47.5 Å². The van der Waals surface area contributed by atoms with Crippen molar-refractivity contribution in [3.8, 4) is 6.07 Å². The van der Waals surface area contributed by atoms with Crippen LogP contribution in [0.1, 0.15) is 5.56 Å². The van der Waals surface area contributed by atoms with Gasteiger partial charge in [0.15, 0.2) is 0 Å². The Kier molecular flexibility index (Phi) is 3.59. The van der Waals surface area contributed by atoms with Gasteiger partial charge in [0.2, 0.25) is 0 Å². The number of benzene rings is 1. The van der Waals surface area contributed by atoms with Crippen molar-refractivity contribution >= 4 is 21.5 Å². The van der Waals surface area contributed by atoms with Crippen LogP contribution in [0, 0.1) is 11.3 Å². The summed E-state index contributed by atoms with van der Waals surface area (Å²) < 4.78 is 26.0. The lowest BCUT2D eigenvalue weighted by Crippen LogP contribution is -2.26. The number of nitriles is 1. The Labute approximate surface area is 117 Å². The molecule has 0 aliphatic carbocycles. The van der Waals surface area contributed by atoms with Crippen molar-refractivity contribution < 1.29 is 8.42 Å². The third-order valence-corrected chi connectivity index (χ3v) is 4.53. The molecule has 7 heteroatoms. The van der Waals surface area contributed by atoms with Crippen molar-refractivity contribution in [3.05, 3.63) is 48.2 Å². The fourth-order valence-corrected chi connectivity index (χ4v) is 2.87. The second kappa shape index (κ2) is 5.19. The van der Waals surface area contributed by atoms with Gasteiger partial charge in [-0.3, -0.25) is 4.31 Å². The predicted molar refractivity (Wildman–Crippen MR) is 75.4 cm³/mol. The monoisotopic (exact) mass is 288 g/mol. The van der Waals surface area contributed by atoms with E-state index in [9.17, 15) is 8.42 Å². The number of hydrogen-bond donors (Lipinski definition) is 1. The van der Waals surface area contributed by atoms with Crippen LogP contribution in [0.5, 0.6) is 0 Å². The van der Waals surface area contributed by atoms with Crippen molar-refractivity contribution in [3.63, 3.8) is 0 Å². The van der Waals surface area contributed by atoms with Crippen LogP contribution in [-0.4, -0.2) is 20.4 Å². The van der Waals surface area contributed by atoms with E-state index in [0.29, 0.717) is 11.3 Å². The standard InChI is InChI=1S/C13H12N4O2S/c1-17(11-4-2-3-10(7-11)9-14)20(18,19)12-5-6-16-13(15)8-12/h2-8H,1H3,(H2,15,16). The van der Waals surface area contributed by atoms with Crippen molar-refractivity contribution in [2.75, 3.05) is 17.1 Å². The van der Waals surface area contributed by atoms with Crippen molar-refractivity contribution in [1.29, 1.82) is 5.26 Å². The van der Waals surface area contributed by atoms with E-state index in [1.165, 1.54) is 31.4 Å². The second-order valence-corrected chi connectivity index (χ2v) is 6.02. The maximum Gasteiger partial charge on any atom is 0.264 e. The van der Waals surface area contributed by atoms with E-state index in [1.54, 1.807) is 18.2 Å². The van der Waals surface area contributed by atoms with E-state index >= 15 is 0 Å². The van der Waals surface area contributed by atoms with Gasteiger partial charge < -0.3 is 5.73 Å². The Hall–Kier alpha value is -2.59. The maximum atomic E-state index is 12.4. The van der Waals surface area contributed by atoms with Crippen molar-refractivity contribution in [1.82, 2.24) is 4.98 Å². The number of nitrogens with two attached hydrogens (primary N) is 1. The van der Waals surface area contributed by atoms with Gasteiger partial charge in [-0.1, -0.05) is 6.07 Å². The fraction of sp³-hybridized carbons (Fsp3) is 0.0769. The van der Waals surface area contributed by atoms with Gasteiger partial charge in [-0.05, 0) is 24.3 Å². The Morgan fingerprint density at radius 1 is 1.30 bits per heavy atom. The van der Waals surface area contributed by atoms with E-state index in [-0.39, 0.29) is 10.7 Å². The molecule has 0 bridgehead atoms. The lowest BCUT2D eigenvalue weighted by molar-refractivity contribution is 0.594. The summed E-state index contributed by atoms with van der Waals surface area (Å²) in [5.74, 6) is 0.130. The first kappa shape index (κ1) is 13.8. The summed E-state index contributed by atoms with van der Waals surface area (Å²) in [6.45, 7) is 0. The normalized spacial score (nSPS) is 10.8. The average Bonchev–Trinajstić information content (AvgIpc) is 2.46. The smallest absolute Gasteiger partial charge is 0.264 e. The van der Waals surface area contributed by atoms with Gasteiger partial charge in [0.05, 0.1) is 22.2 Å². The van der Waals surface area contributed by atoms with Crippen LogP contribution in [0.4, 0.5) is 11.5 Å². The Bertz CT molecular complexity index is 781. The molecule has 0 spiro atoms. The summed E-state index contributed by atoms with van der Waals surface area (Å²) >= 11 is 0. The largest absolute Gasteiger partial charge is 0.384 e. The summed E-state index contributed by atoms with van der Waals surface area (Å²) in [6.07, 6.45) is 1.34. The molecule has 1 heterocycles. The Morgan fingerprint density at radius 2 is 2.05 bits per heavy atom. The molecule has 2 N–H and O–H groups in total. The molecule has 0 unspecified atom stereocenters. The number of nitrogen functional groups attached to an aromatic ring is 1. The molecule has 2 aromatic rings. The zero-order valence-electron chi connectivity index (χ0n) is 10.7. The predicted octanol–water partition coefficient (Wildman–Crippen LogP) is 1.36. The third-order valence-electron chi connectivity index (χ3n) is 2.75. The molecular weight excluding hydrogens is 276 g/mol. The van der Waals surface area contributed by atoms with Crippen LogP contribution >= 0.6 is 0 Å². The van der Waals surface area contributed by atoms with Gasteiger partial charge in [0.25, 0.3) is 10.0 Å². The molecule has 0 amide bonds. The number of sulfonamides is 1. The van der Waals surface area contributed by atoms with Crippen LogP contribution in [0.2, 0.25) is 0 Å². The molecule has 6 nitrogen and oxygen atoms in total. The minimum atomic E-state index is -3.74. The minimum absolute atomic E-state index is 0.0508. The number of rotatable bonds is 3. The number of aromatic nitrogens is 1. The van der Waals surface area contributed by atoms with Gasteiger partial charge in [0.1, 0.15) is 5.82 Å². The number of nitrogens with zero attached hydrogens (tertiary/aromatic N) is 3. The van der Waals surface area contributed by atoms with Gasteiger partial charge >= 0.3 is 0 Å². The van der Waals surface area contributed by atoms with Crippen LogP contribution in [-0.2, 0) is 10.0 Å². The zero-order chi connectivity index (χ0) is 14.8. The second-order valence-electron chi connectivity index (χ2n) is 4.05. The van der Waals surface area contributed by atoms with E-state index in [1.807, 2.05) is 6.07 Å². The topological polar surface area (TPSA) is 100 Å². The molecule has 1 aromatic heterocycles. The third kappa shape index (κ3) is 2.55. The minimum Gasteiger partial charge on any atom is -0.384 e. The number of pyridine rings is 1. The van der Waals surface area contributed by atoms with Crippen molar-refractivity contribution in [2.45, 2.75) is 4.90 Å². The number of hydrogen-bond acceptors (Lipinski definition) is 5. The first-order valence-corrected chi connectivity index (χ1v) is 7.10. The highest BCUT2D eigenvalue weighted by Crippen LogP contribution is 2.23. The molecule has 0 saturated heterocycles. The van der Waals surface area contributed by atoms with Gasteiger partial charge in [-0.15, -0.1) is 0 Å². The lowest BCUT2D eigenvalue weighted by Gasteiger charge is -2.19. The summed E-state index contributed by atoms with van der Waals surface area (Å²) in [6, 6.07) is 11.0. The summed E-state index contributed by atoms with van der Waals surface area (Å²) in [5, 5.41) is 8.86. The molecule has 0 aliphatic heterocycles. The molecule has 1 aromatic carbocycles. The number of anilines is 2. The molecule has 0 aliphatic rings. The zero-order valence-corrected chi connectivity index (χ0v) is 11.5. The molecule has 2 rings (SSSR count). The summed E-state index contributed by atoms with van der Waals surface area (Å²) in [4.78, 5) is 3.82. The Morgan fingerprint density at radius 3 is 2.70 bits per heavy atom. The first-order valence-electron chi connectivity index (χ1n) is 5.66. The molecule has 0 saturated carbocycles. The van der Waals surface area contributed by atoms with Crippen LogP contribution in [0.3, 0.4) is 0 Å². The molecule has 0 fully saturated rings. The quantitative estimate of drug-likeness (QED) is 0.919. The van der Waals surface area contributed by atoms with E-state index in [0.717, 1.165) is 4.31 Å². The summed E-state index contributed by atoms with van der Waals surface area (Å²) in [7, 11) is -2.32. The highest BCUT2D eigenvalue weighted by molar-refractivity contribution is 7.92. The molecule has 20 heavy (non-hydrogen) atoms. The first-order chi connectivity index (χ1) is 9.45. The van der Waals surface area contributed by atoms with Gasteiger partial charge in [-0.25, -0.2) is 13.4 Å². The highest BCUT2D eigenvalue weighted by Gasteiger charge is 2.21.